The second kappa shape index (κ2) is 5.69. The number of hydrogen-bond acceptors (Lipinski definition) is 6. The lowest BCUT2D eigenvalue weighted by atomic mass is 9.91. The van der Waals surface area contributed by atoms with Gasteiger partial charge in [-0.1, -0.05) is 32.1 Å². The Bertz CT molecular complexity index is 576. The van der Waals surface area contributed by atoms with Gasteiger partial charge in [-0.2, -0.15) is 0 Å². The van der Waals surface area contributed by atoms with E-state index in [1.54, 1.807) is 11.3 Å². The fourth-order valence-corrected chi connectivity index (χ4v) is 4.01. The SMILES string of the molecule is CCN(CC)c1nc(C(C)(C)C)c(-c2csc(N)n2)s1. The van der Waals surface area contributed by atoms with Gasteiger partial charge in [-0.3, -0.25) is 0 Å². The van der Waals surface area contributed by atoms with E-state index in [0.717, 1.165) is 34.5 Å². The van der Waals surface area contributed by atoms with Crippen molar-refractivity contribution in [2.24, 2.45) is 0 Å². The first-order chi connectivity index (χ1) is 9.36. The maximum Gasteiger partial charge on any atom is 0.186 e. The zero-order valence-electron chi connectivity index (χ0n) is 12.7. The van der Waals surface area contributed by atoms with Crippen molar-refractivity contribution >= 4 is 32.9 Å². The van der Waals surface area contributed by atoms with Gasteiger partial charge in [0.1, 0.15) is 0 Å². The first kappa shape index (κ1) is 15.3. The predicted octanol–water partition coefficient (Wildman–Crippen LogP) is 3.99. The van der Waals surface area contributed by atoms with Crippen LogP contribution in [0.2, 0.25) is 0 Å². The third kappa shape index (κ3) is 2.96. The third-order valence-electron chi connectivity index (χ3n) is 3.11. The van der Waals surface area contributed by atoms with Gasteiger partial charge in [-0.15, -0.1) is 11.3 Å². The van der Waals surface area contributed by atoms with Crippen LogP contribution >= 0.6 is 22.7 Å². The highest BCUT2D eigenvalue weighted by molar-refractivity contribution is 7.19. The molecule has 2 heterocycles. The van der Waals surface area contributed by atoms with Crippen LogP contribution < -0.4 is 10.6 Å². The molecule has 0 amide bonds. The van der Waals surface area contributed by atoms with E-state index in [0.29, 0.717) is 5.13 Å². The minimum absolute atomic E-state index is 0.00435. The molecule has 0 saturated carbocycles. The summed E-state index contributed by atoms with van der Waals surface area (Å²) in [5.74, 6) is 0. The topological polar surface area (TPSA) is 55.0 Å². The molecule has 110 valence electrons. The van der Waals surface area contributed by atoms with Gasteiger partial charge in [-0.05, 0) is 13.8 Å². The number of nitrogens with two attached hydrogens (primary N) is 1. The lowest BCUT2D eigenvalue weighted by molar-refractivity contribution is 0.574. The Morgan fingerprint density at radius 2 is 1.85 bits per heavy atom. The van der Waals surface area contributed by atoms with E-state index in [1.165, 1.54) is 11.3 Å². The normalized spacial score (nSPS) is 11.8. The van der Waals surface area contributed by atoms with Gasteiger partial charge >= 0.3 is 0 Å². The molecule has 0 atom stereocenters. The molecule has 2 aromatic rings. The van der Waals surface area contributed by atoms with Crippen LogP contribution in [0, 0.1) is 0 Å². The van der Waals surface area contributed by atoms with Crippen LogP contribution in [0.25, 0.3) is 10.6 Å². The van der Waals surface area contributed by atoms with Crippen molar-refractivity contribution in [3.8, 4) is 10.6 Å². The smallest absolute Gasteiger partial charge is 0.186 e. The summed E-state index contributed by atoms with van der Waals surface area (Å²) in [4.78, 5) is 12.7. The van der Waals surface area contributed by atoms with E-state index in [4.69, 9.17) is 10.7 Å². The lowest BCUT2D eigenvalue weighted by Gasteiger charge is -2.18. The molecule has 0 radical (unpaired) electrons. The molecule has 6 heteroatoms. The highest BCUT2D eigenvalue weighted by Gasteiger charge is 2.26. The summed E-state index contributed by atoms with van der Waals surface area (Å²) >= 11 is 3.19. The molecule has 0 aromatic carbocycles. The first-order valence-electron chi connectivity index (χ1n) is 6.84. The molecule has 2 N–H and O–H groups in total. The average Bonchev–Trinajstić information content (AvgIpc) is 2.96. The van der Waals surface area contributed by atoms with E-state index in [-0.39, 0.29) is 5.41 Å². The highest BCUT2D eigenvalue weighted by atomic mass is 32.1. The Balaban J connectivity index is 2.54. The number of aromatic nitrogens is 2. The Morgan fingerprint density at radius 1 is 1.20 bits per heavy atom. The van der Waals surface area contributed by atoms with E-state index >= 15 is 0 Å². The molecule has 0 fully saturated rings. The molecule has 0 aliphatic heterocycles. The minimum Gasteiger partial charge on any atom is -0.375 e. The fourth-order valence-electron chi connectivity index (χ4n) is 2.01. The molecule has 0 aliphatic rings. The Labute approximate surface area is 128 Å². The number of hydrogen-bond donors (Lipinski definition) is 1. The van der Waals surface area contributed by atoms with Gasteiger partial charge in [-0.25, -0.2) is 9.97 Å². The van der Waals surface area contributed by atoms with Crippen LogP contribution in [0.15, 0.2) is 5.38 Å². The van der Waals surface area contributed by atoms with Crippen LogP contribution in [0.5, 0.6) is 0 Å². The van der Waals surface area contributed by atoms with Gasteiger partial charge in [0, 0.05) is 23.9 Å². The molecule has 2 aromatic heterocycles. The first-order valence-corrected chi connectivity index (χ1v) is 8.54. The molecule has 0 saturated heterocycles. The van der Waals surface area contributed by atoms with E-state index < -0.39 is 0 Å². The second-order valence-corrected chi connectivity index (χ2v) is 7.53. The summed E-state index contributed by atoms with van der Waals surface area (Å²) in [7, 11) is 0. The largest absolute Gasteiger partial charge is 0.375 e. The van der Waals surface area contributed by atoms with Crippen molar-refractivity contribution in [3.05, 3.63) is 11.1 Å². The standard InChI is InChI=1S/C14H22N4S2/c1-6-18(7-2)13-17-11(14(3,4)5)10(20-13)9-8-19-12(15)16-9/h8H,6-7H2,1-5H3,(H2,15,16). The van der Waals surface area contributed by atoms with Crippen molar-refractivity contribution in [1.82, 2.24) is 9.97 Å². The van der Waals surface area contributed by atoms with Crippen LogP contribution in [-0.2, 0) is 5.41 Å². The Kier molecular flexibility index (Phi) is 4.34. The van der Waals surface area contributed by atoms with Crippen LogP contribution in [-0.4, -0.2) is 23.1 Å². The molecule has 0 unspecified atom stereocenters. The van der Waals surface area contributed by atoms with Crippen molar-refractivity contribution < 1.29 is 0 Å². The number of rotatable bonds is 4. The van der Waals surface area contributed by atoms with E-state index in [1.807, 2.05) is 5.38 Å². The number of thiazole rings is 2. The lowest BCUT2D eigenvalue weighted by Crippen LogP contribution is -2.22. The zero-order valence-corrected chi connectivity index (χ0v) is 14.4. The van der Waals surface area contributed by atoms with E-state index in [2.05, 4.69) is 44.5 Å². The molecule has 0 aliphatic carbocycles. The van der Waals surface area contributed by atoms with Crippen LogP contribution in [0.3, 0.4) is 0 Å². The van der Waals surface area contributed by atoms with Gasteiger partial charge < -0.3 is 10.6 Å². The summed E-state index contributed by atoms with van der Waals surface area (Å²) in [5.41, 5.74) is 7.83. The van der Waals surface area contributed by atoms with Crippen molar-refractivity contribution in [1.29, 1.82) is 0 Å². The summed E-state index contributed by atoms with van der Waals surface area (Å²) in [6.07, 6.45) is 0. The Morgan fingerprint density at radius 3 is 2.30 bits per heavy atom. The average molecular weight is 310 g/mol. The molecular formula is C14H22N4S2. The second-order valence-electron chi connectivity index (χ2n) is 5.67. The minimum atomic E-state index is -0.00435. The van der Waals surface area contributed by atoms with Gasteiger partial charge in [0.05, 0.1) is 16.3 Å². The molecular weight excluding hydrogens is 288 g/mol. The van der Waals surface area contributed by atoms with Crippen molar-refractivity contribution in [2.45, 2.75) is 40.0 Å². The summed E-state index contributed by atoms with van der Waals surface area (Å²) in [5, 5.41) is 3.70. The summed E-state index contributed by atoms with van der Waals surface area (Å²) < 4.78 is 0. The summed E-state index contributed by atoms with van der Waals surface area (Å²) in [6.45, 7) is 12.8. The fraction of sp³-hybridized carbons (Fsp3) is 0.571. The monoisotopic (exact) mass is 310 g/mol. The molecule has 0 bridgehead atoms. The molecule has 2 rings (SSSR count). The molecule has 20 heavy (non-hydrogen) atoms. The van der Waals surface area contributed by atoms with Crippen LogP contribution in [0.4, 0.5) is 10.3 Å². The molecule has 4 nitrogen and oxygen atoms in total. The number of nitrogen functional groups attached to an aromatic ring is 1. The quantitative estimate of drug-likeness (QED) is 0.927. The van der Waals surface area contributed by atoms with Crippen molar-refractivity contribution in [3.63, 3.8) is 0 Å². The Hall–Kier alpha value is -1.14. The third-order valence-corrected chi connectivity index (χ3v) is 4.93. The van der Waals surface area contributed by atoms with Crippen LogP contribution in [0.1, 0.15) is 40.3 Å². The number of anilines is 2. The van der Waals surface area contributed by atoms with Gasteiger partial charge in [0.2, 0.25) is 0 Å². The van der Waals surface area contributed by atoms with Crippen molar-refractivity contribution in [2.75, 3.05) is 23.7 Å². The number of nitrogens with zero attached hydrogens (tertiary/aromatic N) is 3. The van der Waals surface area contributed by atoms with E-state index in [9.17, 15) is 0 Å². The maximum absolute atomic E-state index is 5.78. The molecule has 0 spiro atoms. The highest BCUT2D eigenvalue weighted by Crippen LogP contribution is 2.40. The van der Waals surface area contributed by atoms with Gasteiger partial charge in [0.15, 0.2) is 10.3 Å². The maximum atomic E-state index is 5.78. The zero-order chi connectivity index (χ0) is 14.9. The predicted molar refractivity (Wildman–Crippen MR) is 89.9 cm³/mol. The summed E-state index contributed by atoms with van der Waals surface area (Å²) in [6, 6.07) is 0. The van der Waals surface area contributed by atoms with Gasteiger partial charge in [0.25, 0.3) is 0 Å².